The third kappa shape index (κ3) is 5.19. The number of aliphatic carboxylic acids is 1. The van der Waals surface area contributed by atoms with Gasteiger partial charge in [-0.1, -0.05) is 20.8 Å². The molecule has 0 saturated carbocycles. The summed E-state index contributed by atoms with van der Waals surface area (Å²) >= 11 is 0. The van der Waals surface area contributed by atoms with Gasteiger partial charge in [0.1, 0.15) is 0 Å². The van der Waals surface area contributed by atoms with Gasteiger partial charge in [0.15, 0.2) is 0 Å². The number of hydrogen-bond donors (Lipinski definition) is 2. The molecule has 0 rings (SSSR count). The number of carbonyl (C=O) groups is 3. The van der Waals surface area contributed by atoms with Gasteiger partial charge in [-0.25, -0.2) is 0 Å². The van der Waals surface area contributed by atoms with Gasteiger partial charge >= 0.3 is 5.97 Å². The fraction of sp³-hybridized carbons (Fsp3) is 0.786. The van der Waals surface area contributed by atoms with E-state index in [1.165, 1.54) is 11.9 Å². The maximum Gasteiger partial charge on any atom is 0.310 e. The van der Waals surface area contributed by atoms with E-state index >= 15 is 0 Å². The van der Waals surface area contributed by atoms with Crippen LogP contribution in [-0.4, -0.2) is 47.9 Å². The van der Waals surface area contributed by atoms with E-state index in [1.807, 2.05) is 6.92 Å². The Balaban J connectivity index is 4.59. The van der Waals surface area contributed by atoms with E-state index in [9.17, 15) is 19.5 Å². The van der Waals surface area contributed by atoms with E-state index in [-0.39, 0.29) is 30.7 Å². The molecule has 0 radical (unpaired) electrons. The van der Waals surface area contributed by atoms with Crippen LogP contribution in [0.25, 0.3) is 0 Å². The number of amides is 2. The zero-order valence-corrected chi connectivity index (χ0v) is 13.0. The third-order valence-corrected chi connectivity index (χ3v) is 3.66. The Labute approximate surface area is 120 Å². The maximum absolute atomic E-state index is 12.1. The lowest BCUT2D eigenvalue weighted by Gasteiger charge is -2.30. The highest BCUT2D eigenvalue weighted by Crippen LogP contribution is 2.31. The zero-order chi connectivity index (χ0) is 15.9. The Hall–Kier alpha value is -1.59. The van der Waals surface area contributed by atoms with E-state index in [0.29, 0.717) is 6.54 Å². The molecular weight excluding hydrogens is 260 g/mol. The molecule has 0 aliphatic rings. The van der Waals surface area contributed by atoms with Gasteiger partial charge in [0.25, 0.3) is 0 Å². The highest BCUT2D eigenvalue weighted by molar-refractivity contribution is 5.88. The number of hydrogen-bond acceptors (Lipinski definition) is 3. The quantitative estimate of drug-likeness (QED) is 0.699. The van der Waals surface area contributed by atoms with Crippen LogP contribution in [0, 0.1) is 11.3 Å². The zero-order valence-electron chi connectivity index (χ0n) is 13.0. The summed E-state index contributed by atoms with van der Waals surface area (Å²) in [6.07, 6.45) is 0.714. The molecule has 6 nitrogen and oxygen atoms in total. The summed E-state index contributed by atoms with van der Waals surface area (Å²) in [6, 6.07) is 0. The Morgan fingerprint density at radius 2 is 1.85 bits per heavy atom. The van der Waals surface area contributed by atoms with Crippen molar-refractivity contribution < 1.29 is 19.5 Å². The van der Waals surface area contributed by atoms with Gasteiger partial charge in [-0.2, -0.15) is 0 Å². The van der Waals surface area contributed by atoms with E-state index in [1.54, 1.807) is 20.8 Å². The molecule has 0 heterocycles. The first kappa shape index (κ1) is 18.4. The largest absolute Gasteiger partial charge is 0.481 e. The number of rotatable bonds is 8. The monoisotopic (exact) mass is 286 g/mol. The SMILES string of the molecule is CCCNC(=O)CN(C)C(=O)CC(C)(C(=O)O)C(C)C. The average molecular weight is 286 g/mol. The molecule has 1 atom stereocenters. The first-order chi connectivity index (χ1) is 9.15. The molecule has 2 amide bonds. The van der Waals surface area contributed by atoms with Gasteiger partial charge < -0.3 is 15.3 Å². The molecule has 0 fully saturated rings. The van der Waals surface area contributed by atoms with Gasteiger partial charge in [-0.15, -0.1) is 0 Å². The van der Waals surface area contributed by atoms with Gasteiger partial charge in [0.2, 0.25) is 11.8 Å². The maximum atomic E-state index is 12.1. The molecule has 0 bridgehead atoms. The molecule has 0 aromatic rings. The highest BCUT2D eigenvalue weighted by atomic mass is 16.4. The van der Waals surface area contributed by atoms with Crippen LogP contribution >= 0.6 is 0 Å². The summed E-state index contributed by atoms with van der Waals surface area (Å²) in [7, 11) is 1.51. The molecule has 1 unspecified atom stereocenters. The molecule has 2 N–H and O–H groups in total. The van der Waals surface area contributed by atoms with Crippen LogP contribution in [-0.2, 0) is 14.4 Å². The fourth-order valence-electron chi connectivity index (χ4n) is 1.60. The summed E-state index contributed by atoms with van der Waals surface area (Å²) in [6.45, 7) is 7.57. The summed E-state index contributed by atoms with van der Waals surface area (Å²) in [5, 5.41) is 12.0. The van der Waals surface area contributed by atoms with Crippen molar-refractivity contribution in [2.75, 3.05) is 20.1 Å². The number of likely N-dealkylation sites (N-methyl/N-ethyl adjacent to an activating group) is 1. The summed E-state index contributed by atoms with van der Waals surface area (Å²) in [5.41, 5.74) is -1.12. The predicted octanol–water partition coefficient (Wildman–Crippen LogP) is 1.11. The van der Waals surface area contributed by atoms with E-state index in [2.05, 4.69) is 5.32 Å². The molecule has 20 heavy (non-hydrogen) atoms. The first-order valence-corrected chi connectivity index (χ1v) is 6.89. The molecule has 0 spiro atoms. The van der Waals surface area contributed by atoms with E-state index in [4.69, 9.17) is 0 Å². The van der Waals surface area contributed by atoms with Crippen molar-refractivity contribution in [1.82, 2.24) is 10.2 Å². The van der Waals surface area contributed by atoms with Crippen molar-refractivity contribution in [1.29, 1.82) is 0 Å². The van der Waals surface area contributed by atoms with Gasteiger partial charge in [-0.3, -0.25) is 14.4 Å². The van der Waals surface area contributed by atoms with Crippen molar-refractivity contribution in [3.8, 4) is 0 Å². The second-order valence-corrected chi connectivity index (χ2v) is 5.65. The molecule has 0 saturated heterocycles. The standard InChI is InChI=1S/C14H26N2O4/c1-6-7-15-11(17)9-16(5)12(18)8-14(4,10(2)3)13(19)20/h10H,6-9H2,1-5H3,(H,15,17)(H,19,20). The van der Waals surface area contributed by atoms with Crippen LogP contribution in [0.5, 0.6) is 0 Å². The van der Waals surface area contributed by atoms with Crippen molar-refractivity contribution in [3.63, 3.8) is 0 Å². The van der Waals surface area contributed by atoms with Crippen LogP contribution in [0.1, 0.15) is 40.5 Å². The van der Waals surface area contributed by atoms with Gasteiger partial charge in [-0.05, 0) is 19.3 Å². The minimum atomic E-state index is -1.12. The molecule has 0 aliphatic heterocycles. The molecule has 6 heteroatoms. The van der Waals surface area contributed by atoms with E-state index in [0.717, 1.165) is 6.42 Å². The second-order valence-electron chi connectivity index (χ2n) is 5.65. The average Bonchev–Trinajstić information content (AvgIpc) is 2.35. The Morgan fingerprint density at radius 3 is 2.25 bits per heavy atom. The first-order valence-electron chi connectivity index (χ1n) is 6.89. The molecular formula is C14H26N2O4. The fourth-order valence-corrected chi connectivity index (χ4v) is 1.60. The molecule has 0 aromatic carbocycles. The molecule has 0 aliphatic carbocycles. The smallest absolute Gasteiger partial charge is 0.310 e. The minimum Gasteiger partial charge on any atom is -0.481 e. The Kier molecular flexibility index (Phi) is 7.24. The van der Waals surface area contributed by atoms with Crippen LogP contribution in [0.3, 0.4) is 0 Å². The third-order valence-electron chi connectivity index (χ3n) is 3.66. The van der Waals surface area contributed by atoms with Crippen LogP contribution in [0.4, 0.5) is 0 Å². The topological polar surface area (TPSA) is 86.7 Å². The van der Waals surface area contributed by atoms with E-state index < -0.39 is 11.4 Å². The van der Waals surface area contributed by atoms with Crippen molar-refractivity contribution in [2.45, 2.75) is 40.5 Å². The lowest BCUT2D eigenvalue weighted by molar-refractivity contribution is -0.155. The lowest BCUT2D eigenvalue weighted by Crippen LogP contribution is -2.43. The van der Waals surface area contributed by atoms with Gasteiger partial charge in [0, 0.05) is 20.0 Å². The van der Waals surface area contributed by atoms with Crippen LogP contribution in [0.2, 0.25) is 0 Å². The minimum absolute atomic E-state index is 0.0490. The van der Waals surface area contributed by atoms with Crippen LogP contribution < -0.4 is 5.32 Å². The van der Waals surface area contributed by atoms with Crippen molar-refractivity contribution >= 4 is 17.8 Å². The summed E-state index contributed by atoms with van der Waals surface area (Å²) in [4.78, 5) is 36.2. The van der Waals surface area contributed by atoms with Crippen LogP contribution in [0.15, 0.2) is 0 Å². The normalized spacial score (nSPS) is 13.7. The molecule has 0 aromatic heterocycles. The number of nitrogens with zero attached hydrogens (tertiary/aromatic N) is 1. The molecule has 116 valence electrons. The Morgan fingerprint density at radius 1 is 1.30 bits per heavy atom. The number of carboxylic acid groups (broad SMARTS) is 1. The Bertz CT molecular complexity index is 368. The summed E-state index contributed by atoms with van der Waals surface area (Å²) in [5.74, 6) is -1.74. The predicted molar refractivity (Wildman–Crippen MR) is 76.1 cm³/mol. The number of carboxylic acids is 1. The lowest BCUT2D eigenvalue weighted by atomic mass is 9.76. The summed E-state index contributed by atoms with van der Waals surface area (Å²) < 4.78 is 0. The highest BCUT2D eigenvalue weighted by Gasteiger charge is 2.39. The second kappa shape index (κ2) is 7.87. The van der Waals surface area contributed by atoms with Crippen molar-refractivity contribution in [3.05, 3.63) is 0 Å². The van der Waals surface area contributed by atoms with Gasteiger partial charge in [0.05, 0.1) is 12.0 Å². The number of carbonyl (C=O) groups excluding carboxylic acids is 2. The van der Waals surface area contributed by atoms with Crippen molar-refractivity contribution in [2.24, 2.45) is 11.3 Å². The number of nitrogens with one attached hydrogen (secondary N) is 1.